The van der Waals surface area contributed by atoms with Crippen LogP contribution >= 0.6 is 0 Å². The number of hydrogen-bond donors (Lipinski definition) is 0. The third-order valence-electron chi connectivity index (χ3n) is 10.1. The molecule has 54 heavy (non-hydrogen) atoms. The molecule has 0 spiro atoms. The molecule has 4 aliphatic rings. The zero-order valence-corrected chi connectivity index (χ0v) is 32.3. The van der Waals surface area contributed by atoms with Crippen LogP contribution in [0, 0.1) is 5.92 Å². The summed E-state index contributed by atoms with van der Waals surface area (Å²) < 4.78 is 28.3. The molecule has 13 heteroatoms. The zero-order valence-electron chi connectivity index (χ0n) is 32.3. The maximum Gasteiger partial charge on any atom is 0.411 e. The van der Waals surface area contributed by atoms with Gasteiger partial charge in [0, 0.05) is 29.3 Å². The first-order valence-electron chi connectivity index (χ1n) is 18.7. The molecule has 0 N–H and O–H groups in total. The van der Waals surface area contributed by atoms with Crippen LogP contribution in [-0.4, -0.2) is 94.1 Å². The Morgan fingerprint density at radius 2 is 1.50 bits per heavy atom. The summed E-state index contributed by atoms with van der Waals surface area (Å²) in [5, 5.41) is 0. The molecule has 2 fully saturated rings. The molecule has 0 aromatic heterocycles. The predicted octanol–water partition coefficient (Wildman–Crippen LogP) is 6.45. The molecule has 2 aromatic carbocycles. The molecular weight excluding hydrogens is 696 g/mol. The highest BCUT2D eigenvalue weighted by Gasteiger charge is 2.44. The number of likely N-dealkylation sites (tertiary alicyclic amines) is 2. The molecule has 0 bridgehead atoms. The van der Waals surface area contributed by atoms with Crippen molar-refractivity contribution in [2.24, 2.45) is 5.92 Å². The number of benzene rings is 2. The van der Waals surface area contributed by atoms with Gasteiger partial charge in [0.1, 0.15) is 35.6 Å². The molecule has 3 heterocycles. The molecule has 0 radical (unpaired) electrons. The second kappa shape index (κ2) is 14.7. The monoisotopic (exact) mass is 746 g/mol. The molecule has 1 aliphatic carbocycles. The number of Topliss-reactive ketones (excluding diaryl/α,β-unsaturated/α-hetero) is 2. The van der Waals surface area contributed by atoms with Crippen molar-refractivity contribution in [3.63, 3.8) is 0 Å². The maximum atomic E-state index is 13.7. The smallest absolute Gasteiger partial charge is 0.411 e. The first kappa shape index (κ1) is 38.8. The van der Waals surface area contributed by atoms with E-state index in [1.54, 1.807) is 59.7 Å². The summed E-state index contributed by atoms with van der Waals surface area (Å²) in [5.41, 5.74) is 2.49. The van der Waals surface area contributed by atoms with Crippen LogP contribution in [0.15, 0.2) is 30.3 Å². The third kappa shape index (κ3) is 8.24. The molecule has 290 valence electrons. The summed E-state index contributed by atoms with van der Waals surface area (Å²) in [4.78, 5) is 81.7. The zero-order chi connectivity index (χ0) is 39.3. The number of aryl methyl sites for hydroxylation is 1. The molecule has 2 saturated heterocycles. The number of hydrogen-bond acceptors (Lipinski definition) is 11. The number of fused-ring (bicyclic) bond motifs is 4. The largest absolute Gasteiger partial charge is 0.488 e. The van der Waals surface area contributed by atoms with Crippen LogP contribution in [0.1, 0.15) is 113 Å². The van der Waals surface area contributed by atoms with Gasteiger partial charge in [-0.25, -0.2) is 19.2 Å². The Morgan fingerprint density at radius 3 is 2.20 bits per heavy atom. The SMILES string of the molecule is C[C@H]1C[C@@H](C(=O)OC2CCc3cc4c(cc3C2=O)OCc2cc(C(=O)COC(=O)[C@@H]3CC[C@H](C)N3C(=O)OC(C)(C)C)ccc2-4)N(C(=O)OC(C)(C)C)C1. The minimum absolute atomic E-state index is 0.0699. The lowest BCUT2D eigenvalue weighted by molar-refractivity contribution is -0.152. The molecule has 5 atom stereocenters. The minimum atomic E-state index is -0.990. The van der Waals surface area contributed by atoms with Gasteiger partial charge in [0.2, 0.25) is 5.78 Å². The lowest BCUT2D eigenvalue weighted by atomic mass is 9.84. The van der Waals surface area contributed by atoms with Crippen LogP contribution in [-0.2, 0) is 41.6 Å². The van der Waals surface area contributed by atoms with Gasteiger partial charge in [0.05, 0.1) is 0 Å². The van der Waals surface area contributed by atoms with Crippen LogP contribution in [0.5, 0.6) is 5.75 Å². The summed E-state index contributed by atoms with van der Waals surface area (Å²) in [6, 6.07) is 6.92. The quantitative estimate of drug-likeness (QED) is 0.182. The standard InChI is InChI=1S/C41H50N2O11/c1-22-15-31(42(19-22)38(48)53-40(3,4)5)37(47)52-33-14-11-24-17-29-27-12-10-25(16-26(27)20-50-34(29)18-28(24)35(33)45)32(44)21-51-36(46)30-13-9-23(2)43(30)39(49)54-41(6,7)8/h10,12,16-18,22-23,30-31,33H,9,11,13-15,19-21H2,1-8H3/t22-,23-,30-,31-,33?/m0/s1. The van der Waals surface area contributed by atoms with E-state index in [1.807, 2.05) is 26.0 Å². The van der Waals surface area contributed by atoms with E-state index >= 15 is 0 Å². The fourth-order valence-electron chi connectivity index (χ4n) is 7.56. The minimum Gasteiger partial charge on any atom is -0.488 e. The highest BCUT2D eigenvalue weighted by Crippen LogP contribution is 2.42. The summed E-state index contributed by atoms with van der Waals surface area (Å²) >= 11 is 0. The molecule has 1 unspecified atom stereocenters. The number of carbonyl (C=O) groups excluding carboxylic acids is 6. The molecule has 6 rings (SSSR count). The van der Waals surface area contributed by atoms with Crippen molar-refractivity contribution < 1.29 is 52.5 Å². The Labute approximate surface area is 315 Å². The van der Waals surface area contributed by atoms with Gasteiger partial charge >= 0.3 is 24.1 Å². The van der Waals surface area contributed by atoms with Crippen LogP contribution in [0.2, 0.25) is 0 Å². The van der Waals surface area contributed by atoms with Gasteiger partial charge in [-0.15, -0.1) is 0 Å². The average Bonchev–Trinajstić information content (AvgIpc) is 3.68. The number of rotatable bonds is 6. The highest BCUT2D eigenvalue weighted by atomic mass is 16.6. The molecule has 0 saturated carbocycles. The van der Waals surface area contributed by atoms with Crippen molar-refractivity contribution in [3.8, 4) is 16.9 Å². The topological polar surface area (TPSA) is 155 Å². The number of amides is 2. The molecule has 13 nitrogen and oxygen atoms in total. The first-order valence-corrected chi connectivity index (χ1v) is 18.7. The van der Waals surface area contributed by atoms with Crippen molar-refractivity contribution in [1.82, 2.24) is 9.80 Å². The van der Waals surface area contributed by atoms with Crippen LogP contribution in [0.4, 0.5) is 9.59 Å². The number of ether oxygens (including phenoxy) is 5. The van der Waals surface area contributed by atoms with Gasteiger partial charge in [-0.3, -0.25) is 19.4 Å². The Kier molecular flexibility index (Phi) is 10.6. The Morgan fingerprint density at radius 1 is 0.796 bits per heavy atom. The lowest BCUT2D eigenvalue weighted by Gasteiger charge is -2.30. The van der Waals surface area contributed by atoms with E-state index in [2.05, 4.69) is 0 Å². The van der Waals surface area contributed by atoms with Crippen LogP contribution in [0.25, 0.3) is 11.1 Å². The second-order valence-electron chi connectivity index (χ2n) is 16.8. The second-order valence-corrected chi connectivity index (χ2v) is 16.8. The highest BCUT2D eigenvalue weighted by molar-refractivity contribution is 6.04. The fraction of sp³-hybridized carbons (Fsp3) is 0.561. The predicted molar refractivity (Wildman–Crippen MR) is 195 cm³/mol. The van der Waals surface area contributed by atoms with Crippen molar-refractivity contribution >= 4 is 35.7 Å². The van der Waals surface area contributed by atoms with Crippen molar-refractivity contribution in [1.29, 1.82) is 0 Å². The van der Waals surface area contributed by atoms with Crippen molar-refractivity contribution in [3.05, 3.63) is 52.6 Å². The van der Waals surface area contributed by atoms with E-state index in [0.717, 1.165) is 22.3 Å². The van der Waals surface area contributed by atoms with Gasteiger partial charge in [-0.05, 0) is 121 Å². The summed E-state index contributed by atoms with van der Waals surface area (Å²) in [7, 11) is 0. The third-order valence-corrected chi connectivity index (χ3v) is 10.1. The van der Waals surface area contributed by atoms with Gasteiger partial charge in [-0.1, -0.05) is 19.1 Å². The summed E-state index contributed by atoms with van der Waals surface area (Å²) in [6.07, 6.45) is 0.0522. The molecule has 3 aliphatic heterocycles. The number of carbonyl (C=O) groups is 6. The maximum absolute atomic E-state index is 13.7. The van der Waals surface area contributed by atoms with Crippen molar-refractivity contribution in [2.45, 2.75) is 130 Å². The van der Waals surface area contributed by atoms with E-state index in [4.69, 9.17) is 23.7 Å². The molecular formula is C41H50N2O11. The van der Waals surface area contributed by atoms with E-state index < -0.39 is 65.9 Å². The first-order chi connectivity index (χ1) is 25.3. The van der Waals surface area contributed by atoms with Crippen LogP contribution < -0.4 is 4.74 Å². The Bertz CT molecular complexity index is 1870. The van der Waals surface area contributed by atoms with E-state index in [-0.39, 0.29) is 24.3 Å². The number of nitrogens with zero attached hydrogens (tertiary/aromatic N) is 2. The molecule has 2 amide bonds. The summed E-state index contributed by atoms with van der Waals surface area (Å²) in [5.74, 6) is -1.43. The number of esters is 2. The van der Waals surface area contributed by atoms with Crippen molar-refractivity contribution in [2.75, 3.05) is 13.2 Å². The van der Waals surface area contributed by atoms with Gasteiger partial charge < -0.3 is 23.7 Å². The summed E-state index contributed by atoms with van der Waals surface area (Å²) in [6.45, 7) is 14.4. The number of ketones is 2. The Hall–Kier alpha value is -4.94. The van der Waals surface area contributed by atoms with Gasteiger partial charge in [0.15, 0.2) is 18.5 Å². The Balaban J connectivity index is 1.10. The van der Waals surface area contributed by atoms with E-state index in [9.17, 15) is 28.8 Å². The van der Waals surface area contributed by atoms with Crippen LogP contribution in [0.3, 0.4) is 0 Å². The molecule has 2 aromatic rings. The lowest BCUT2D eigenvalue weighted by Crippen LogP contribution is -2.47. The van der Waals surface area contributed by atoms with E-state index in [0.29, 0.717) is 55.5 Å². The fourth-order valence-corrected chi connectivity index (χ4v) is 7.56. The van der Waals surface area contributed by atoms with Gasteiger partial charge in [-0.2, -0.15) is 0 Å². The van der Waals surface area contributed by atoms with Gasteiger partial charge in [0.25, 0.3) is 0 Å². The normalized spacial score (nSPS) is 23.4. The average molecular weight is 747 g/mol. The van der Waals surface area contributed by atoms with E-state index in [1.165, 1.54) is 9.80 Å².